The summed E-state index contributed by atoms with van der Waals surface area (Å²) in [5.74, 6) is 1.32. The van der Waals surface area contributed by atoms with Crippen molar-refractivity contribution in [3.63, 3.8) is 0 Å². The predicted molar refractivity (Wildman–Crippen MR) is 137 cm³/mol. The first kappa shape index (κ1) is 31.5. The van der Waals surface area contributed by atoms with E-state index in [4.69, 9.17) is 13.9 Å². The smallest absolute Gasteiger partial charge is 0.416 e. The molecule has 1 saturated carbocycles. The van der Waals surface area contributed by atoms with Gasteiger partial charge in [-0.2, -0.15) is 5.57 Å². The van der Waals surface area contributed by atoms with Gasteiger partial charge < -0.3 is 13.9 Å². The molecule has 0 heterocycles. The minimum Gasteiger partial charge on any atom is -0.416 e. The van der Waals surface area contributed by atoms with Crippen LogP contribution in [-0.2, 0) is 23.7 Å². The Labute approximate surface area is 221 Å². The fourth-order valence-corrected chi connectivity index (χ4v) is 6.04. The van der Waals surface area contributed by atoms with Crippen LogP contribution in [0.1, 0.15) is 60.8 Å². The first-order chi connectivity index (χ1) is 15.2. The van der Waals surface area contributed by atoms with Crippen LogP contribution in [-0.4, -0.2) is 42.3 Å². The molecule has 1 aromatic carbocycles. The van der Waals surface area contributed by atoms with E-state index in [1.54, 1.807) is 30.3 Å². The molecule has 0 N–H and O–H groups in total. The van der Waals surface area contributed by atoms with Crippen molar-refractivity contribution in [2.75, 3.05) is 13.2 Å². The summed E-state index contributed by atoms with van der Waals surface area (Å²) in [6.45, 7) is 18.4. The van der Waals surface area contributed by atoms with E-state index in [0.717, 1.165) is 24.8 Å². The zero-order valence-corrected chi connectivity index (χ0v) is 24.5. The van der Waals surface area contributed by atoms with Crippen LogP contribution in [0, 0.1) is 11.2 Å². The Hall–Kier alpha value is -0.526. The second-order valence-corrected chi connectivity index (χ2v) is 17.5. The minimum atomic E-state index is -3.53. The molecule has 8 heteroatoms. The normalized spacial score (nSPS) is 23.9. The van der Waals surface area contributed by atoms with Gasteiger partial charge in [0.1, 0.15) is 9.84 Å². The Morgan fingerprint density at radius 1 is 1.24 bits per heavy atom. The first-order valence-electron chi connectivity index (χ1n) is 12.0. The van der Waals surface area contributed by atoms with E-state index in [0.29, 0.717) is 18.1 Å². The standard InChI is InChI=1S/C26H43O5SSi.Li/c1-9-29-21(2)31-24-22(17-19-32(27,28)23-15-11-10-12-16-23)14-13-18-26(24,6)20-30-33(7,8)25(3,4)5;/h10-12,15-17,19,21,24H,9,13-14,18,20H2,1-8H3;/q-1;+1/b22-17-;/t21?,24-,26-;/m1./s1. The van der Waals surface area contributed by atoms with Gasteiger partial charge in [-0.25, -0.2) is 14.5 Å². The molecular formula is C26H43LiO5SSi. The second-order valence-electron chi connectivity index (χ2n) is 10.8. The van der Waals surface area contributed by atoms with Crippen molar-refractivity contribution in [1.29, 1.82) is 0 Å². The van der Waals surface area contributed by atoms with Crippen molar-refractivity contribution in [1.82, 2.24) is 0 Å². The minimum absolute atomic E-state index is 0. The van der Waals surface area contributed by atoms with Crippen LogP contribution >= 0.6 is 0 Å². The van der Waals surface area contributed by atoms with Crippen molar-refractivity contribution < 1.29 is 41.2 Å². The number of ether oxygens (including phenoxy) is 2. The van der Waals surface area contributed by atoms with Crippen LogP contribution in [0.5, 0.6) is 0 Å². The van der Waals surface area contributed by atoms with Crippen LogP contribution in [0.3, 0.4) is 0 Å². The zero-order valence-electron chi connectivity index (χ0n) is 22.7. The molecule has 0 aromatic heterocycles. The summed E-state index contributed by atoms with van der Waals surface area (Å²) in [4.78, 5) is 0.293. The van der Waals surface area contributed by atoms with Crippen LogP contribution in [0.15, 0.2) is 46.9 Å². The monoisotopic (exact) mass is 502 g/mol. The summed E-state index contributed by atoms with van der Waals surface area (Å²) >= 11 is 0. The molecule has 5 nitrogen and oxygen atoms in total. The topological polar surface area (TPSA) is 61.8 Å². The summed E-state index contributed by atoms with van der Waals surface area (Å²) in [5.41, 5.74) is 0.712. The Morgan fingerprint density at radius 2 is 1.85 bits per heavy atom. The van der Waals surface area contributed by atoms with Crippen molar-refractivity contribution in [2.24, 2.45) is 5.41 Å². The molecular weight excluding hydrogens is 459 g/mol. The van der Waals surface area contributed by atoms with Crippen molar-refractivity contribution in [2.45, 2.75) is 96.2 Å². The largest absolute Gasteiger partial charge is 1.00 e. The number of hydrogen-bond donors (Lipinski definition) is 0. The summed E-state index contributed by atoms with van der Waals surface area (Å²) in [6, 6.07) is 8.52. The third kappa shape index (κ3) is 8.26. The fourth-order valence-electron chi connectivity index (χ4n) is 3.87. The Balaban J connectivity index is 0.00000578. The molecule has 188 valence electrons. The molecule has 0 amide bonds. The van der Waals surface area contributed by atoms with Gasteiger partial charge in [-0.1, -0.05) is 58.7 Å². The van der Waals surface area contributed by atoms with Crippen LogP contribution in [0.4, 0.5) is 0 Å². The summed E-state index contributed by atoms with van der Waals surface area (Å²) < 4.78 is 44.4. The third-order valence-electron chi connectivity index (χ3n) is 7.01. The van der Waals surface area contributed by atoms with Gasteiger partial charge in [-0.05, 0) is 50.5 Å². The van der Waals surface area contributed by atoms with Crippen molar-refractivity contribution >= 4 is 18.2 Å². The second kappa shape index (κ2) is 12.6. The molecule has 1 aliphatic carbocycles. The number of sulfone groups is 1. The molecule has 34 heavy (non-hydrogen) atoms. The molecule has 0 aliphatic heterocycles. The molecule has 1 fully saturated rings. The van der Waals surface area contributed by atoms with Crippen LogP contribution in [0.25, 0.3) is 0 Å². The van der Waals surface area contributed by atoms with E-state index in [-0.39, 0.29) is 41.7 Å². The fraction of sp³-hybridized carbons (Fsp3) is 0.654. The molecule has 0 bridgehead atoms. The van der Waals surface area contributed by atoms with Gasteiger partial charge in [0.05, 0.1) is 4.90 Å². The molecule has 3 atom stereocenters. The van der Waals surface area contributed by atoms with Crippen molar-refractivity contribution in [3.8, 4) is 0 Å². The maximum Gasteiger partial charge on any atom is 1.00 e. The number of rotatable bonds is 10. The maximum atomic E-state index is 12.9. The molecule has 0 spiro atoms. The Morgan fingerprint density at radius 3 is 2.41 bits per heavy atom. The van der Waals surface area contributed by atoms with Crippen LogP contribution in [0.2, 0.25) is 18.1 Å². The molecule has 0 radical (unpaired) electrons. The number of hydrogen-bond acceptors (Lipinski definition) is 5. The first-order valence-corrected chi connectivity index (χ1v) is 16.4. The molecule has 0 saturated heterocycles. The van der Waals surface area contributed by atoms with Gasteiger partial charge >= 0.3 is 18.9 Å². The average Bonchev–Trinajstić information content (AvgIpc) is 2.73. The molecule has 1 aliphatic rings. The van der Waals surface area contributed by atoms with E-state index in [9.17, 15) is 8.42 Å². The zero-order chi connectivity index (χ0) is 24.9. The third-order valence-corrected chi connectivity index (χ3v) is 12.9. The SMILES string of the molecule is CCOC(C)O[C@@H]1/C(=C\[CH-]S(=O)(=O)c2ccccc2)CCC[C@]1(C)CO[Si](C)(C)C(C)(C)C.[Li+]. The van der Waals surface area contributed by atoms with Gasteiger partial charge in [0.25, 0.3) is 0 Å². The Bertz CT molecular complexity index is 896. The average molecular weight is 503 g/mol. The van der Waals surface area contributed by atoms with E-state index in [2.05, 4.69) is 40.8 Å². The van der Waals surface area contributed by atoms with Gasteiger partial charge in [-0.15, -0.1) is 5.75 Å². The van der Waals surface area contributed by atoms with E-state index < -0.39 is 18.2 Å². The van der Waals surface area contributed by atoms with E-state index in [1.807, 2.05) is 19.9 Å². The molecule has 1 aromatic rings. The summed E-state index contributed by atoms with van der Waals surface area (Å²) in [7, 11) is -5.47. The van der Waals surface area contributed by atoms with Crippen molar-refractivity contribution in [3.05, 3.63) is 47.7 Å². The van der Waals surface area contributed by atoms with Crippen LogP contribution < -0.4 is 18.9 Å². The summed E-state index contributed by atoms with van der Waals surface area (Å²) in [6.07, 6.45) is 3.79. The quantitative estimate of drug-likeness (QED) is 0.278. The predicted octanol–water partition coefficient (Wildman–Crippen LogP) is 3.53. The number of benzene rings is 1. The van der Waals surface area contributed by atoms with Gasteiger partial charge in [-0.3, -0.25) is 0 Å². The van der Waals surface area contributed by atoms with Gasteiger partial charge in [0.15, 0.2) is 14.6 Å². The maximum absolute atomic E-state index is 12.9. The Kier molecular flexibility index (Phi) is 11.7. The molecule has 1 unspecified atom stereocenters. The van der Waals surface area contributed by atoms with E-state index >= 15 is 0 Å². The van der Waals surface area contributed by atoms with E-state index in [1.165, 1.54) is 5.75 Å². The summed E-state index contributed by atoms with van der Waals surface area (Å²) in [5, 5.41) is 0.114. The van der Waals surface area contributed by atoms with Gasteiger partial charge in [0.2, 0.25) is 0 Å². The van der Waals surface area contributed by atoms with Gasteiger partial charge in [0, 0.05) is 24.7 Å². The molecule has 2 rings (SSSR count).